The van der Waals surface area contributed by atoms with E-state index in [1.165, 1.54) is 12.1 Å². The second-order valence-electron chi connectivity index (χ2n) is 4.72. The van der Waals surface area contributed by atoms with Crippen LogP contribution in [-0.4, -0.2) is 31.5 Å². The van der Waals surface area contributed by atoms with Crippen LogP contribution >= 0.6 is 15.9 Å². The maximum Gasteiger partial charge on any atom is 0.263 e. The molecule has 20 heavy (non-hydrogen) atoms. The van der Waals surface area contributed by atoms with E-state index >= 15 is 0 Å². The van der Waals surface area contributed by atoms with Crippen molar-refractivity contribution in [1.29, 1.82) is 0 Å². The SMILES string of the molecule is CC1OCC(c2cc(Br)ccc2F)(C(F)F)NC1C=O. The van der Waals surface area contributed by atoms with Gasteiger partial charge in [-0.05, 0) is 25.1 Å². The van der Waals surface area contributed by atoms with Gasteiger partial charge in [0.05, 0.1) is 18.8 Å². The monoisotopic (exact) mass is 351 g/mol. The molecule has 1 N–H and O–H groups in total. The van der Waals surface area contributed by atoms with Crippen LogP contribution in [0.5, 0.6) is 0 Å². The summed E-state index contributed by atoms with van der Waals surface area (Å²) < 4.78 is 46.8. The molecule has 7 heteroatoms. The van der Waals surface area contributed by atoms with E-state index in [2.05, 4.69) is 21.2 Å². The van der Waals surface area contributed by atoms with Gasteiger partial charge in [-0.3, -0.25) is 5.32 Å². The van der Waals surface area contributed by atoms with Gasteiger partial charge in [-0.25, -0.2) is 13.2 Å². The molecule has 1 aromatic carbocycles. The maximum atomic E-state index is 13.9. The molecule has 2 rings (SSSR count). The lowest BCUT2D eigenvalue weighted by atomic mass is 9.87. The number of rotatable bonds is 3. The van der Waals surface area contributed by atoms with Gasteiger partial charge in [0, 0.05) is 10.0 Å². The lowest BCUT2D eigenvalue weighted by molar-refractivity contribution is -0.132. The third-order valence-electron chi connectivity index (χ3n) is 3.43. The zero-order valence-electron chi connectivity index (χ0n) is 10.6. The Hall–Kier alpha value is -0.920. The molecule has 1 aliphatic rings. The number of benzene rings is 1. The van der Waals surface area contributed by atoms with Crippen LogP contribution < -0.4 is 5.32 Å². The molecule has 0 saturated carbocycles. The Labute approximate surface area is 122 Å². The standard InChI is InChI=1S/C13H13BrF3NO2/c1-7-11(5-19)18-13(6-20-7,12(16)17)9-4-8(14)2-3-10(9)15/h2-5,7,11-12,18H,6H2,1H3. The van der Waals surface area contributed by atoms with E-state index < -0.39 is 36.5 Å². The van der Waals surface area contributed by atoms with Crippen molar-refractivity contribution < 1.29 is 22.7 Å². The molecule has 0 aromatic heterocycles. The molecule has 1 aliphatic heterocycles. The quantitative estimate of drug-likeness (QED) is 0.850. The fraction of sp³-hybridized carbons (Fsp3) is 0.462. The summed E-state index contributed by atoms with van der Waals surface area (Å²) in [5, 5.41) is 2.55. The zero-order chi connectivity index (χ0) is 14.9. The minimum Gasteiger partial charge on any atom is -0.374 e. The number of aldehydes is 1. The molecule has 110 valence electrons. The molecule has 1 aromatic rings. The van der Waals surface area contributed by atoms with Crippen molar-refractivity contribution in [3.8, 4) is 0 Å². The summed E-state index contributed by atoms with van der Waals surface area (Å²) in [6.45, 7) is 1.18. The van der Waals surface area contributed by atoms with Gasteiger partial charge in [0.1, 0.15) is 17.6 Å². The normalized spacial score (nSPS) is 30.5. The van der Waals surface area contributed by atoms with Gasteiger partial charge < -0.3 is 9.53 Å². The topological polar surface area (TPSA) is 38.3 Å². The smallest absolute Gasteiger partial charge is 0.263 e. The second-order valence-corrected chi connectivity index (χ2v) is 5.63. The van der Waals surface area contributed by atoms with Gasteiger partial charge >= 0.3 is 0 Å². The lowest BCUT2D eigenvalue weighted by Crippen LogP contribution is -2.64. The molecule has 0 aliphatic carbocycles. The molecule has 0 amide bonds. The van der Waals surface area contributed by atoms with Crippen LogP contribution in [0.15, 0.2) is 22.7 Å². The van der Waals surface area contributed by atoms with E-state index in [-0.39, 0.29) is 5.56 Å². The number of alkyl halides is 2. The van der Waals surface area contributed by atoms with Crippen LogP contribution in [0.4, 0.5) is 13.2 Å². The summed E-state index contributed by atoms with van der Waals surface area (Å²) in [7, 11) is 0. The number of nitrogens with one attached hydrogen (secondary N) is 1. The highest BCUT2D eigenvalue weighted by Crippen LogP contribution is 2.36. The molecular weight excluding hydrogens is 339 g/mol. The first-order valence-electron chi connectivity index (χ1n) is 5.99. The summed E-state index contributed by atoms with van der Waals surface area (Å²) in [5.41, 5.74) is -2.26. The van der Waals surface area contributed by atoms with E-state index in [0.29, 0.717) is 10.8 Å². The maximum absolute atomic E-state index is 13.9. The molecule has 3 atom stereocenters. The van der Waals surface area contributed by atoms with Crippen LogP contribution in [0.2, 0.25) is 0 Å². The Bertz CT molecular complexity index is 514. The number of carbonyl (C=O) groups is 1. The zero-order valence-corrected chi connectivity index (χ0v) is 12.2. The lowest BCUT2D eigenvalue weighted by Gasteiger charge is -2.43. The number of carbonyl (C=O) groups excluding carboxylic acids is 1. The van der Waals surface area contributed by atoms with Gasteiger partial charge in [-0.2, -0.15) is 0 Å². The predicted octanol–water partition coefficient (Wildman–Crippen LogP) is 2.62. The molecule has 1 saturated heterocycles. The third-order valence-corrected chi connectivity index (χ3v) is 3.93. The molecule has 0 spiro atoms. The van der Waals surface area contributed by atoms with Crippen molar-refractivity contribution in [2.24, 2.45) is 0 Å². The van der Waals surface area contributed by atoms with Crippen LogP contribution in [0.1, 0.15) is 12.5 Å². The fourth-order valence-corrected chi connectivity index (χ4v) is 2.57. The summed E-state index contributed by atoms with van der Waals surface area (Å²) in [5.74, 6) is -0.774. The van der Waals surface area contributed by atoms with Gasteiger partial charge in [0.15, 0.2) is 0 Å². The van der Waals surface area contributed by atoms with Crippen molar-refractivity contribution in [2.45, 2.75) is 31.0 Å². The van der Waals surface area contributed by atoms with E-state index in [1.54, 1.807) is 6.92 Å². The Kier molecular flexibility index (Phi) is 4.51. The van der Waals surface area contributed by atoms with Gasteiger partial charge in [-0.15, -0.1) is 0 Å². The molecule has 1 fully saturated rings. The molecule has 0 radical (unpaired) electrons. The Morgan fingerprint density at radius 3 is 2.85 bits per heavy atom. The van der Waals surface area contributed by atoms with Crippen molar-refractivity contribution in [2.75, 3.05) is 6.61 Å². The Morgan fingerprint density at radius 1 is 1.55 bits per heavy atom. The highest BCUT2D eigenvalue weighted by molar-refractivity contribution is 9.10. The predicted molar refractivity (Wildman–Crippen MR) is 70.2 cm³/mol. The Morgan fingerprint density at radius 2 is 2.25 bits per heavy atom. The van der Waals surface area contributed by atoms with Gasteiger partial charge in [0.25, 0.3) is 6.43 Å². The van der Waals surface area contributed by atoms with E-state index in [4.69, 9.17) is 4.74 Å². The number of halogens is 4. The van der Waals surface area contributed by atoms with Crippen molar-refractivity contribution in [1.82, 2.24) is 5.32 Å². The van der Waals surface area contributed by atoms with Gasteiger partial charge in [0.2, 0.25) is 0 Å². The van der Waals surface area contributed by atoms with Crippen LogP contribution in [0.3, 0.4) is 0 Å². The summed E-state index contributed by atoms with van der Waals surface area (Å²) >= 11 is 3.13. The van der Waals surface area contributed by atoms with E-state index in [9.17, 15) is 18.0 Å². The fourth-order valence-electron chi connectivity index (χ4n) is 2.21. The average molecular weight is 352 g/mol. The molecule has 3 nitrogen and oxygen atoms in total. The third kappa shape index (κ3) is 2.62. The van der Waals surface area contributed by atoms with Crippen LogP contribution in [0.25, 0.3) is 0 Å². The first kappa shape index (κ1) is 15.5. The van der Waals surface area contributed by atoms with Gasteiger partial charge in [-0.1, -0.05) is 15.9 Å². The molecular formula is C13H13BrF3NO2. The summed E-state index contributed by atoms with van der Waals surface area (Å²) in [6, 6.07) is 2.87. The van der Waals surface area contributed by atoms with E-state index in [0.717, 1.165) is 6.07 Å². The second kappa shape index (κ2) is 5.83. The van der Waals surface area contributed by atoms with E-state index in [1.807, 2.05) is 0 Å². The Balaban J connectivity index is 2.50. The minimum absolute atomic E-state index is 0.222. The summed E-state index contributed by atoms with van der Waals surface area (Å²) in [4.78, 5) is 11.0. The average Bonchev–Trinajstić information content (AvgIpc) is 2.42. The molecule has 0 bridgehead atoms. The first-order valence-corrected chi connectivity index (χ1v) is 6.78. The largest absolute Gasteiger partial charge is 0.374 e. The van der Waals surface area contributed by atoms with Crippen molar-refractivity contribution in [3.05, 3.63) is 34.1 Å². The number of hydrogen-bond donors (Lipinski definition) is 1. The van der Waals surface area contributed by atoms with Crippen molar-refractivity contribution in [3.63, 3.8) is 0 Å². The van der Waals surface area contributed by atoms with Crippen LogP contribution in [0, 0.1) is 5.82 Å². The highest BCUT2D eigenvalue weighted by atomic mass is 79.9. The number of hydrogen-bond acceptors (Lipinski definition) is 3. The first-order chi connectivity index (χ1) is 9.40. The van der Waals surface area contributed by atoms with Crippen molar-refractivity contribution >= 4 is 22.2 Å². The van der Waals surface area contributed by atoms with Crippen LogP contribution in [-0.2, 0) is 15.1 Å². The summed E-state index contributed by atoms with van der Waals surface area (Å²) in [6.07, 6.45) is -2.98. The highest BCUT2D eigenvalue weighted by Gasteiger charge is 2.49. The minimum atomic E-state index is -2.93. The number of ether oxygens (including phenoxy) is 1. The molecule has 3 unspecified atom stereocenters. The number of morpholine rings is 1. The molecule has 1 heterocycles.